The summed E-state index contributed by atoms with van der Waals surface area (Å²) in [6, 6.07) is 4.46. The lowest BCUT2D eigenvalue weighted by molar-refractivity contribution is 0.173. The van der Waals surface area contributed by atoms with Crippen LogP contribution in [0.1, 0.15) is 11.1 Å². The second-order valence-corrected chi connectivity index (χ2v) is 5.01. The Kier molecular flexibility index (Phi) is 4.18. The number of aliphatic hydroxyl groups excluding tert-OH is 1. The lowest BCUT2D eigenvalue weighted by Gasteiger charge is -2.14. The van der Waals surface area contributed by atoms with E-state index in [1.54, 1.807) is 0 Å². The predicted octanol–water partition coefficient (Wildman–Crippen LogP) is 1.07. The molecule has 0 heterocycles. The van der Waals surface area contributed by atoms with E-state index in [0.717, 1.165) is 12.1 Å². The van der Waals surface area contributed by atoms with E-state index in [-0.39, 0.29) is 35.7 Å². The lowest BCUT2D eigenvalue weighted by Crippen LogP contribution is -2.14. The Labute approximate surface area is 125 Å². The van der Waals surface area contributed by atoms with Gasteiger partial charge in [0.15, 0.2) is 17.2 Å². The molecule has 7 N–H and O–H groups in total. The van der Waals surface area contributed by atoms with Gasteiger partial charge in [0, 0.05) is 24.1 Å². The minimum absolute atomic E-state index is 0.00115. The van der Waals surface area contributed by atoms with Gasteiger partial charge in [-0.05, 0) is 24.1 Å². The predicted molar refractivity (Wildman–Crippen MR) is 76.3 cm³/mol. The van der Waals surface area contributed by atoms with Crippen molar-refractivity contribution in [1.82, 2.24) is 0 Å². The zero-order valence-corrected chi connectivity index (χ0v) is 11.4. The van der Waals surface area contributed by atoms with Gasteiger partial charge in [0.25, 0.3) is 0 Å². The Bertz CT molecular complexity index is 650. The summed E-state index contributed by atoms with van der Waals surface area (Å²) in [6.45, 7) is 0. The van der Waals surface area contributed by atoms with Gasteiger partial charge < -0.3 is 35.7 Å². The van der Waals surface area contributed by atoms with Crippen LogP contribution in [0.4, 0.5) is 0 Å². The molecule has 2 aromatic carbocycles. The molecule has 7 heteroatoms. The van der Waals surface area contributed by atoms with E-state index < -0.39 is 23.4 Å². The Balaban J connectivity index is 2.16. The van der Waals surface area contributed by atoms with E-state index in [4.69, 9.17) is 0 Å². The maximum absolute atomic E-state index is 10.0. The highest BCUT2D eigenvalue weighted by Crippen LogP contribution is 2.36. The van der Waals surface area contributed by atoms with Crippen molar-refractivity contribution < 1.29 is 35.7 Å². The number of phenolic OH excluding ortho intramolecular Hbond substituents is 6. The van der Waals surface area contributed by atoms with Crippen LogP contribution >= 0.6 is 0 Å². The van der Waals surface area contributed by atoms with Crippen LogP contribution in [0.15, 0.2) is 24.3 Å². The number of hydrogen-bond donors (Lipinski definition) is 7. The van der Waals surface area contributed by atoms with Crippen LogP contribution in [-0.4, -0.2) is 41.8 Å². The van der Waals surface area contributed by atoms with Gasteiger partial charge >= 0.3 is 0 Å². The third-order valence-corrected chi connectivity index (χ3v) is 3.23. The van der Waals surface area contributed by atoms with Crippen molar-refractivity contribution in [3.8, 4) is 34.5 Å². The SMILES string of the molecule is Oc1cc(O)c(C[C@H](O)Cc2cc(O)c(O)c(O)c2)c(O)c1. The number of phenols is 6. The molecular formula is C15H16O7. The Morgan fingerprint density at radius 1 is 0.682 bits per heavy atom. The average Bonchev–Trinajstić information content (AvgIpc) is 2.40. The summed E-state index contributed by atoms with van der Waals surface area (Å²) in [5, 5.41) is 66.6. The van der Waals surface area contributed by atoms with Crippen LogP contribution in [0.25, 0.3) is 0 Å². The zero-order chi connectivity index (χ0) is 16.4. The molecule has 0 amide bonds. The molecule has 0 spiro atoms. The van der Waals surface area contributed by atoms with Crippen LogP contribution in [0, 0.1) is 0 Å². The summed E-state index contributed by atoms with van der Waals surface area (Å²) in [7, 11) is 0. The quantitative estimate of drug-likeness (QED) is 0.419. The Hall–Kier alpha value is -2.80. The van der Waals surface area contributed by atoms with Crippen LogP contribution in [0.2, 0.25) is 0 Å². The van der Waals surface area contributed by atoms with E-state index in [1.807, 2.05) is 0 Å². The molecule has 2 aromatic rings. The molecule has 0 aliphatic rings. The first-order valence-electron chi connectivity index (χ1n) is 6.43. The highest BCUT2D eigenvalue weighted by molar-refractivity contribution is 5.51. The number of rotatable bonds is 4. The molecule has 0 aliphatic heterocycles. The average molecular weight is 308 g/mol. The minimum atomic E-state index is -1.04. The second-order valence-electron chi connectivity index (χ2n) is 5.01. The Morgan fingerprint density at radius 2 is 1.18 bits per heavy atom. The molecule has 0 aromatic heterocycles. The van der Waals surface area contributed by atoms with Gasteiger partial charge in [-0.2, -0.15) is 0 Å². The molecule has 22 heavy (non-hydrogen) atoms. The summed E-state index contributed by atoms with van der Waals surface area (Å²) in [6.07, 6.45) is -1.15. The van der Waals surface area contributed by atoms with Gasteiger partial charge in [0.1, 0.15) is 17.2 Å². The fraction of sp³-hybridized carbons (Fsp3) is 0.200. The first-order chi connectivity index (χ1) is 10.3. The van der Waals surface area contributed by atoms with Gasteiger partial charge in [0.05, 0.1) is 6.10 Å². The standard InChI is InChI=1S/C15H16O7/c16-8(1-7-2-13(20)15(22)14(21)3-7)4-10-11(18)5-9(17)6-12(10)19/h2-3,5-6,8,16-22H,1,4H2/t8-/m1/s1. The third kappa shape index (κ3) is 3.26. The summed E-state index contributed by atoms with van der Waals surface area (Å²) >= 11 is 0. The molecule has 1 atom stereocenters. The van der Waals surface area contributed by atoms with Crippen LogP contribution in [-0.2, 0) is 12.8 Å². The van der Waals surface area contributed by atoms with E-state index in [9.17, 15) is 35.7 Å². The van der Waals surface area contributed by atoms with Crippen LogP contribution in [0.3, 0.4) is 0 Å². The first kappa shape index (κ1) is 15.6. The van der Waals surface area contributed by atoms with Gasteiger partial charge in [0.2, 0.25) is 0 Å². The smallest absolute Gasteiger partial charge is 0.200 e. The third-order valence-electron chi connectivity index (χ3n) is 3.23. The summed E-state index contributed by atoms with van der Waals surface area (Å²) < 4.78 is 0. The number of hydrogen-bond acceptors (Lipinski definition) is 7. The maximum atomic E-state index is 10.0. The second kappa shape index (κ2) is 5.90. The van der Waals surface area contributed by atoms with Gasteiger partial charge in [-0.25, -0.2) is 0 Å². The fourth-order valence-corrected chi connectivity index (χ4v) is 2.19. The molecule has 7 nitrogen and oxygen atoms in total. The van der Waals surface area contributed by atoms with E-state index >= 15 is 0 Å². The number of aromatic hydroxyl groups is 6. The molecule has 0 bridgehead atoms. The lowest BCUT2D eigenvalue weighted by atomic mass is 9.99. The maximum Gasteiger partial charge on any atom is 0.200 e. The van der Waals surface area contributed by atoms with Gasteiger partial charge in [-0.15, -0.1) is 0 Å². The zero-order valence-electron chi connectivity index (χ0n) is 11.4. The molecule has 0 unspecified atom stereocenters. The van der Waals surface area contributed by atoms with Crippen molar-refractivity contribution in [1.29, 1.82) is 0 Å². The largest absolute Gasteiger partial charge is 0.508 e. The Morgan fingerprint density at radius 3 is 1.68 bits per heavy atom. The molecule has 0 aliphatic carbocycles. The summed E-state index contributed by atoms with van der Waals surface area (Å²) in [5.41, 5.74) is 0.426. The fourth-order valence-electron chi connectivity index (χ4n) is 2.19. The monoisotopic (exact) mass is 308 g/mol. The number of aliphatic hydroxyl groups is 1. The van der Waals surface area contributed by atoms with E-state index in [2.05, 4.69) is 0 Å². The molecular weight excluding hydrogens is 292 g/mol. The topological polar surface area (TPSA) is 142 Å². The van der Waals surface area contributed by atoms with Gasteiger partial charge in [-0.1, -0.05) is 0 Å². The number of benzene rings is 2. The highest BCUT2D eigenvalue weighted by Gasteiger charge is 2.16. The summed E-state index contributed by atoms with van der Waals surface area (Å²) in [4.78, 5) is 0. The van der Waals surface area contributed by atoms with Crippen LogP contribution in [0.5, 0.6) is 34.5 Å². The van der Waals surface area contributed by atoms with Crippen molar-refractivity contribution in [2.45, 2.75) is 18.9 Å². The molecule has 2 rings (SSSR count). The molecule has 118 valence electrons. The van der Waals surface area contributed by atoms with Crippen LogP contribution < -0.4 is 0 Å². The van der Waals surface area contributed by atoms with Crippen molar-refractivity contribution in [2.24, 2.45) is 0 Å². The molecule has 0 saturated heterocycles. The first-order valence-corrected chi connectivity index (χ1v) is 6.43. The normalized spacial score (nSPS) is 12.2. The van der Waals surface area contributed by atoms with Crippen molar-refractivity contribution >= 4 is 0 Å². The molecule has 0 fully saturated rings. The van der Waals surface area contributed by atoms with E-state index in [1.165, 1.54) is 12.1 Å². The summed E-state index contributed by atoms with van der Waals surface area (Å²) in [5.74, 6) is -2.69. The van der Waals surface area contributed by atoms with Crippen molar-refractivity contribution in [2.75, 3.05) is 0 Å². The molecule has 0 radical (unpaired) electrons. The molecule has 0 saturated carbocycles. The van der Waals surface area contributed by atoms with Crippen molar-refractivity contribution in [3.63, 3.8) is 0 Å². The van der Waals surface area contributed by atoms with Crippen molar-refractivity contribution in [3.05, 3.63) is 35.4 Å². The highest BCUT2D eigenvalue weighted by atomic mass is 16.3. The van der Waals surface area contributed by atoms with E-state index in [0.29, 0.717) is 5.56 Å². The minimum Gasteiger partial charge on any atom is -0.508 e. The van der Waals surface area contributed by atoms with Gasteiger partial charge in [-0.3, -0.25) is 0 Å².